The Labute approximate surface area is 119 Å². The fourth-order valence-electron chi connectivity index (χ4n) is 2.64. The maximum absolute atomic E-state index is 12.6. The summed E-state index contributed by atoms with van der Waals surface area (Å²) in [6.45, 7) is 5.01. The van der Waals surface area contributed by atoms with E-state index < -0.39 is 18.1 Å². The lowest BCUT2D eigenvalue weighted by molar-refractivity contribution is -0.141. The predicted octanol–water partition coefficient (Wildman–Crippen LogP) is 1.14. The van der Waals surface area contributed by atoms with Gasteiger partial charge in [-0.15, -0.1) is 0 Å². The van der Waals surface area contributed by atoms with Gasteiger partial charge in [-0.2, -0.15) is 0 Å². The molecule has 2 amide bonds. The predicted molar refractivity (Wildman–Crippen MR) is 73.3 cm³/mol. The molecule has 1 aliphatic carbocycles. The van der Waals surface area contributed by atoms with Crippen molar-refractivity contribution in [2.75, 3.05) is 13.1 Å². The van der Waals surface area contributed by atoms with Gasteiger partial charge in [-0.1, -0.05) is 13.8 Å². The zero-order valence-electron chi connectivity index (χ0n) is 12.2. The molecular formula is C14H24N2O4. The van der Waals surface area contributed by atoms with Crippen molar-refractivity contribution in [2.24, 2.45) is 5.92 Å². The van der Waals surface area contributed by atoms with Crippen LogP contribution in [0.25, 0.3) is 0 Å². The molecule has 0 aromatic carbocycles. The Morgan fingerprint density at radius 3 is 2.50 bits per heavy atom. The molecule has 2 aliphatic rings. The Hall–Kier alpha value is -1.30. The van der Waals surface area contributed by atoms with Gasteiger partial charge in [0.2, 0.25) is 0 Å². The van der Waals surface area contributed by atoms with Crippen molar-refractivity contribution in [1.29, 1.82) is 0 Å². The molecule has 0 aromatic rings. The maximum Gasteiger partial charge on any atom is 0.326 e. The van der Waals surface area contributed by atoms with Crippen molar-refractivity contribution >= 4 is 12.0 Å². The first kappa shape index (κ1) is 15.1. The van der Waals surface area contributed by atoms with Crippen molar-refractivity contribution in [3.8, 4) is 0 Å². The molecule has 0 radical (unpaired) electrons. The van der Waals surface area contributed by atoms with Crippen molar-refractivity contribution in [1.82, 2.24) is 9.80 Å². The molecule has 2 N–H and O–H groups in total. The highest BCUT2D eigenvalue weighted by molar-refractivity contribution is 5.83. The minimum Gasteiger partial charge on any atom is -0.480 e. The van der Waals surface area contributed by atoms with Crippen LogP contribution in [0, 0.1) is 5.92 Å². The van der Waals surface area contributed by atoms with Gasteiger partial charge >= 0.3 is 12.0 Å². The van der Waals surface area contributed by atoms with E-state index in [1.807, 2.05) is 0 Å². The largest absolute Gasteiger partial charge is 0.480 e. The van der Waals surface area contributed by atoms with E-state index in [9.17, 15) is 19.8 Å². The zero-order chi connectivity index (χ0) is 14.9. The Bertz CT molecular complexity index is 381. The van der Waals surface area contributed by atoms with Gasteiger partial charge in [0, 0.05) is 25.6 Å². The van der Waals surface area contributed by atoms with Crippen molar-refractivity contribution < 1.29 is 19.8 Å². The number of carboxylic acid groups (broad SMARTS) is 1. The van der Waals surface area contributed by atoms with Gasteiger partial charge in [-0.05, 0) is 25.2 Å². The van der Waals surface area contributed by atoms with Gasteiger partial charge in [0.25, 0.3) is 0 Å². The van der Waals surface area contributed by atoms with Crippen LogP contribution in [0.5, 0.6) is 0 Å². The minimum absolute atomic E-state index is 0.126. The topological polar surface area (TPSA) is 81.1 Å². The van der Waals surface area contributed by atoms with E-state index in [1.165, 1.54) is 4.90 Å². The first-order chi connectivity index (χ1) is 9.40. The Morgan fingerprint density at radius 1 is 1.35 bits per heavy atom. The minimum atomic E-state index is -1.03. The molecule has 2 rings (SSSR count). The first-order valence-corrected chi connectivity index (χ1v) is 7.38. The number of rotatable bonds is 5. The zero-order valence-corrected chi connectivity index (χ0v) is 12.2. The highest BCUT2D eigenvalue weighted by Gasteiger charge is 2.43. The molecule has 0 aromatic heterocycles. The number of urea groups is 1. The molecule has 2 atom stereocenters. The third kappa shape index (κ3) is 3.42. The molecule has 1 aliphatic heterocycles. The van der Waals surface area contributed by atoms with Gasteiger partial charge in [-0.25, -0.2) is 9.59 Å². The second-order valence-corrected chi connectivity index (χ2v) is 6.29. The van der Waals surface area contributed by atoms with E-state index in [0.29, 0.717) is 12.5 Å². The standard InChI is InChI=1S/C14H24N2O4/c1-9(2)5-6-15(10-3-4-10)14(20)16-8-11(17)7-12(16)13(18)19/h9-12,17H,3-8H2,1-2H3,(H,18,19). The summed E-state index contributed by atoms with van der Waals surface area (Å²) in [5.74, 6) is -0.530. The second-order valence-electron chi connectivity index (χ2n) is 6.29. The second kappa shape index (κ2) is 5.99. The van der Waals surface area contributed by atoms with Crippen molar-refractivity contribution in [3.05, 3.63) is 0 Å². The summed E-state index contributed by atoms with van der Waals surface area (Å²) >= 11 is 0. The lowest BCUT2D eigenvalue weighted by Crippen LogP contribution is -2.49. The van der Waals surface area contributed by atoms with Crippen LogP contribution in [0.3, 0.4) is 0 Å². The fourth-order valence-corrected chi connectivity index (χ4v) is 2.64. The van der Waals surface area contributed by atoms with E-state index in [-0.39, 0.29) is 25.0 Å². The number of hydrogen-bond acceptors (Lipinski definition) is 3. The van der Waals surface area contributed by atoms with Crippen LogP contribution in [0.4, 0.5) is 4.79 Å². The Kier molecular flexibility index (Phi) is 4.52. The number of aliphatic hydroxyl groups excluding tert-OH is 1. The van der Waals surface area contributed by atoms with E-state index in [4.69, 9.17) is 0 Å². The molecule has 2 unspecified atom stereocenters. The smallest absolute Gasteiger partial charge is 0.326 e. The summed E-state index contributed by atoms with van der Waals surface area (Å²) in [5.41, 5.74) is 0. The average molecular weight is 284 g/mol. The summed E-state index contributed by atoms with van der Waals surface area (Å²) < 4.78 is 0. The van der Waals surface area contributed by atoms with E-state index in [0.717, 1.165) is 19.3 Å². The number of carboxylic acids is 1. The summed E-state index contributed by atoms with van der Waals surface area (Å²) in [6, 6.07) is -0.858. The fraction of sp³-hybridized carbons (Fsp3) is 0.857. The summed E-state index contributed by atoms with van der Waals surface area (Å²) in [6.07, 6.45) is 2.31. The van der Waals surface area contributed by atoms with Crippen LogP contribution < -0.4 is 0 Å². The van der Waals surface area contributed by atoms with Gasteiger partial charge in [-0.3, -0.25) is 0 Å². The van der Waals surface area contributed by atoms with E-state index in [1.54, 1.807) is 4.90 Å². The number of nitrogens with zero attached hydrogens (tertiary/aromatic N) is 2. The Balaban J connectivity index is 2.04. The number of aliphatic hydroxyl groups is 1. The van der Waals surface area contributed by atoms with E-state index >= 15 is 0 Å². The molecule has 1 heterocycles. The molecule has 20 heavy (non-hydrogen) atoms. The van der Waals surface area contributed by atoms with Crippen LogP contribution in [0.15, 0.2) is 0 Å². The molecule has 6 heteroatoms. The van der Waals surface area contributed by atoms with Crippen LogP contribution >= 0.6 is 0 Å². The maximum atomic E-state index is 12.6. The van der Waals surface area contributed by atoms with Crippen LogP contribution in [0.2, 0.25) is 0 Å². The van der Waals surface area contributed by atoms with Gasteiger partial charge in [0.15, 0.2) is 0 Å². The Morgan fingerprint density at radius 2 is 2.00 bits per heavy atom. The van der Waals surface area contributed by atoms with E-state index in [2.05, 4.69) is 13.8 Å². The third-order valence-electron chi connectivity index (χ3n) is 3.99. The average Bonchev–Trinajstić information content (AvgIpc) is 3.10. The molecule has 0 spiro atoms. The number of aliphatic carboxylic acids is 1. The highest BCUT2D eigenvalue weighted by atomic mass is 16.4. The number of amides is 2. The van der Waals surface area contributed by atoms with Crippen LogP contribution in [0.1, 0.15) is 39.5 Å². The van der Waals surface area contributed by atoms with Gasteiger partial charge in [0.1, 0.15) is 6.04 Å². The molecule has 1 saturated carbocycles. The molecular weight excluding hydrogens is 260 g/mol. The van der Waals surface area contributed by atoms with Crippen LogP contribution in [-0.2, 0) is 4.79 Å². The molecule has 6 nitrogen and oxygen atoms in total. The van der Waals surface area contributed by atoms with Crippen LogP contribution in [-0.4, -0.2) is 63.3 Å². The molecule has 1 saturated heterocycles. The van der Waals surface area contributed by atoms with Crippen molar-refractivity contribution in [3.63, 3.8) is 0 Å². The quantitative estimate of drug-likeness (QED) is 0.793. The summed E-state index contributed by atoms with van der Waals surface area (Å²) in [7, 11) is 0. The number of carbonyl (C=O) groups excluding carboxylic acids is 1. The third-order valence-corrected chi connectivity index (χ3v) is 3.99. The monoisotopic (exact) mass is 284 g/mol. The SMILES string of the molecule is CC(C)CCN(C(=O)N1CC(O)CC1C(=O)O)C1CC1. The lowest BCUT2D eigenvalue weighted by Gasteiger charge is -2.30. The number of carbonyl (C=O) groups is 2. The first-order valence-electron chi connectivity index (χ1n) is 7.38. The summed E-state index contributed by atoms with van der Waals surface area (Å²) in [5, 5.41) is 18.8. The lowest BCUT2D eigenvalue weighted by atomic mass is 10.1. The van der Waals surface area contributed by atoms with Crippen molar-refractivity contribution in [2.45, 2.75) is 57.7 Å². The van der Waals surface area contributed by atoms with Gasteiger partial charge < -0.3 is 20.0 Å². The molecule has 0 bridgehead atoms. The summed E-state index contributed by atoms with van der Waals surface area (Å²) in [4.78, 5) is 26.9. The molecule has 114 valence electrons. The van der Waals surface area contributed by atoms with Gasteiger partial charge in [0.05, 0.1) is 6.10 Å². The number of likely N-dealkylation sites (tertiary alicyclic amines) is 1. The highest BCUT2D eigenvalue weighted by Crippen LogP contribution is 2.30. The number of β-amino-alcohol motifs (C(OH)–C–C–N with tert-alkyl or cyclic N) is 1. The number of hydrogen-bond donors (Lipinski definition) is 2. The molecule has 2 fully saturated rings. The normalized spacial score (nSPS) is 26.1.